The van der Waals surface area contributed by atoms with E-state index in [-0.39, 0.29) is 5.91 Å². The molecular weight excluding hydrogens is 278 g/mol. The maximum Gasteiger partial charge on any atom is 0.251 e. The van der Waals surface area contributed by atoms with Crippen molar-refractivity contribution in [2.75, 3.05) is 37.9 Å². The molecule has 0 saturated carbocycles. The van der Waals surface area contributed by atoms with Gasteiger partial charge in [0.1, 0.15) is 0 Å². The molecule has 0 bridgehead atoms. The lowest BCUT2D eigenvalue weighted by Crippen LogP contribution is -2.34. The van der Waals surface area contributed by atoms with E-state index in [9.17, 15) is 4.79 Å². The first-order valence-electron chi connectivity index (χ1n) is 6.73. The minimum atomic E-state index is -0.0813. The Morgan fingerprint density at radius 2 is 1.85 bits per heavy atom. The van der Waals surface area contributed by atoms with Crippen molar-refractivity contribution in [3.8, 4) is 0 Å². The summed E-state index contributed by atoms with van der Waals surface area (Å²) < 4.78 is 1.11. The summed E-state index contributed by atoms with van der Waals surface area (Å²) >= 11 is 5.78. The zero-order valence-corrected chi connectivity index (χ0v) is 13.0. The largest absolute Gasteiger partial charge is 0.351 e. The Morgan fingerprint density at radius 3 is 2.35 bits per heavy atom. The summed E-state index contributed by atoms with van der Waals surface area (Å²) in [5.41, 5.74) is 1.28. The predicted molar refractivity (Wildman–Crippen MR) is 81.9 cm³/mol. The first-order valence-corrected chi connectivity index (χ1v) is 7.06. The molecule has 20 heavy (non-hydrogen) atoms. The first kappa shape index (κ1) is 16.8. The molecule has 0 spiro atoms. The number of nitrogens with zero attached hydrogens (tertiary/aromatic N) is 2. The third-order valence-electron chi connectivity index (χ3n) is 3.10. The van der Waals surface area contributed by atoms with Crippen molar-refractivity contribution in [1.82, 2.24) is 10.2 Å². The van der Waals surface area contributed by atoms with Gasteiger partial charge in [0.05, 0.1) is 12.8 Å². The summed E-state index contributed by atoms with van der Waals surface area (Å²) in [6, 6.07) is 6.90. The minimum Gasteiger partial charge on any atom is -0.351 e. The monoisotopic (exact) mass is 299 g/mol. The van der Waals surface area contributed by atoms with Crippen LogP contribution in [0, 0.1) is 0 Å². The number of anilines is 1. The van der Waals surface area contributed by atoms with Crippen LogP contribution in [0.4, 0.5) is 5.69 Å². The van der Waals surface area contributed by atoms with E-state index in [1.165, 1.54) is 7.11 Å². The van der Waals surface area contributed by atoms with E-state index >= 15 is 0 Å². The molecule has 0 heterocycles. The van der Waals surface area contributed by atoms with Crippen LogP contribution >= 0.6 is 11.8 Å². The van der Waals surface area contributed by atoms with Crippen LogP contribution in [-0.4, -0.2) is 44.1 Å². The number of hydrogen-bond donors (Lipinski definition) is 1. The van der Waals surface area contributed by atoms with Gasteiger partial charge in [-0.15, -0.1) is 0 Å². The number of nitrogens with one attached hydrogen (secondary N) is 1. The van der Waals surface area contributed by atoms with Crippen molar-refractivity contribution in [3.63, 3.8) is 0 Å². The molecule has 0 aliphatic heterocycles. The van der Waals surface area contributed by atoms with E-state index in [0.717, 1.165) is 24.2 Å². The lowest BCUT2D eigenvalue weighted by Gasteiger charge is -2.18. The average Bonchev–Trinajstić information content (AvgIpc) is 2.50. The van der Waals surface area contributed by atoms with Gasteiger partial charge in [-0.1, -0.05) is 13.8 Å². The summed E-state index contributed by atoms with van der Waals surface area (Å²) in [5.74, 6) is -0.0813. The fraction of sp³-hybridized carbons (Fsp3) is 0.500. The third kappa shape index (κ3) is 5.00. The van der Waals surface area contributed by atoms with E-state index in [2.05, 4.69) is 24.1 Å². The molecule has 0 fully saturated rings. The van der Waals surface area contributed by atoms with Crippen molar-refractivity contribution < 1.29 is 9.63 Å². The highest BCUT2D eigenvalue weighted by atomic mass is 35.5. The van der Waals surface area contributed by atoms with Crippen LogP contribution in [0.2, 0.25) is 0 Å². The molecule has 0 saturated heterocycles. The summed E-state index contributed by atoms with van der Waals surface area (Å²) in [6.45, 7) is 7.70. The van der Waals surface area contributed by atoms with Crippen LogP contribution in [-0.2, 0) is 4.84 Å². The van der Waals surface area contributed by atoms with Crippen molar-refractivity contribution in [3.05, 3.63) is 29.8 Å². The number of carbonyl (C=O) groups excluding carboxylic acids is 1. The van der Waals surface area contributed by atoms with Crippen molar-refractivity contribution in [1.29, 1.82) is 0 Å². The Bertz CT molecular complexity index is 407. The van der Waals surface area contributed by atoms with Crippen molar-refractivity contribution in [2.45, 2.75) is 13.8 Å². The number of halogens is 1. The van der Waals surface area contributed by atoms with E-state index in [0.29, 0.717) is 17.8 Å². The molecule has 1 rings (SSSR count). The van der Waals surface area contributed by atoms with Crippen LogP contribution < -0.4 is 9.90 Å². The Hall–Kier alpha value is -1.30. The molecule has 0 aliphatic rings. The normalized spacial score (nSPS) is 10.7. The number of hydrogen-bond acceptors (Lipinski definition) is 4. The van der Waals surface area contributed by atoms with E-state index in [4.69, 9.17) is 16.6 Å². The van der Waals surface area contributed by atoms with Gasteiger partial charge in [-0.05, 0) is 37.4 Å². The van der Waals surface area contributed by atoms with Crippen LogP contribution in [0.5, 0.6) is 0 Å². The topological polar surface area (TPSA) is 44.8 Å². The second kappa shape index (κ2) is 8.79. The van der Waals surface area contributed by atoms with Crippen molar-refractivity contribution in [2.24, 2.45) is 0 Å². The molecule has 1 aromatic rings. The second-order valence-corrected chi connectivity index (χ2v) is 4.56. The van der Waals surface area contributed by atoms with Crippen molar-refractivity contribution >= 4 is 23.4 Å². The molecule has 0 radical (unpaired) electrons. The van der Waals surface area contributed by atoms with E-state index in [1.807, 2.05) is 0 Å². The van der Waals surface area contributed by atoms with Gasteiger partial charge in [-0.25, -0.2) is 0 Å². The van der Waals surface area contributed by atoms with Crippen LogP contribution in [0.25, 0.3) is 0 Å². The second-order valence-electron chi connectivity index (χ2n) is 4.26. The molecule has 5 nitrogen and oxygen atoms in total. The lowest BCUT2D eigenvalue weighted by atomic mass is 10.2. The van der Waals surface area contributed by atoms with Gasteiger partial charge in [0, 0.05) is 30.4 Å². The van der Waals surface area contributed by atoms with Crippen LogP contribution in [0.1, 0.15) is 24.2 Å². The summed E-state index contributed by atoms with van der Waals surface area (Å²) in [7, 11) is 1.47. The van der Waals surface area contributed by atoms with Gasteiger partial charge in [-0.3, -0.25) is 9.63 Å². The maximum atomic E-state index is 11.9. The summed E-state index contributed by atoms with van der Waals surface area (Å²) in [6.07, 6.45) is 0. The number of likely N-dealkylation sites (N-methyl/N-ethyl adjacent to an activating group) is 1. The standard InChI is InChI=1S/C14H22ClN3O2/c1-4-17(5-2)11-10-16-14(19)12-6-8-13(9-7-12)18(15)20-3/h6-9H,4-5,10-11H2,1-3H3,(H,16,19). The number of amides is 1. The quantitative estimate of drug-likeness (QED) is 0.591. The Balaban J connectivity index is 2.47. The molecule has 1 N–H and O–H groups in total. The van der Waals surface area contributed by atoms with Gasteiger partial charge in [0.25, 0.3) is 5.91 Å². The Morgan fingerprint density at radius 1 is 1.25 bits per heavy atom. The highest BCUT2D eigenvalue weighted by Crippen LogP contribution is 2.17. The molecule has 1 aromatic carbocycles. The van der Waals surface area contributed by atoms with Gasteiger partial charge in [0.2, 0.25) is 0 Å². The fourth-order valence-corrected chi connectivity index (χ4v) is 1.92. The summed E-state index contributed by atoms with van der Waals surface area (Å²) in [5, 5.41) is 2.90. The fourth-order valence-electron chi connectivity index (χ4n) is 1.80. The smallest absolute Gasteiger partial charge is 0.251 e. The van der Waals surface area contributed by atoms with E-state index < -0.39 is 0 Å². The van der Waals surface area contributed by atoms with Crippen LogP contribution in [0.3, 0.4) is 0 Å². The lowest BCUT2D eigenvalue weighted by molar-refractivity contribution is 0.0949. The molecule has 1 amide bonds. The van der Waals surface area contributed by atoms with Gasteiger partial charge < -0.3 is 10.2 Å². The van der Waals surface area contributed by atoms with Gasteiger partial charge >= 0.3 is 0 Å². The molecular formula is C14H22ClN3O2. The molecule has 112 valence electrons. The average molecular weight is 300 g/mol. The predicted octanol–water partition coefficient (Wildman–Crippen LogP) is 2.28. The number of benzene rings is 1. The minimum absolute atomic E-state index is 0.0813. The highest BCUT2D eigenvalue weighted by molar-refractivity contribution is 6.24. The third-order valence-corrected chi connectivity index (χ3v) is 3.43. The van der Waals surface area contributed by atoms with E-state index in [1.54, 1.807) is 24.3 Å². The molecule has 0 aromatic heterocycles. The highest BCUT2D eigenvalue weighted by Gasteiger charge is 2.07. The first-order chi connectivity index (χ1) is 9.62. The number of carbonyl (C=O) groups is 1. The van der Waals surface area contributed by atoms with Gasteiger partial charge in [-0.2, -0.15) is 4.58 Å². The molecule has 6 heteroatoms. The zero-order chi connectivity index (χ0) is 15.0. The SMILES string of the molecule is CCN(CC)CCNC(=O)c1ccc(N(Cl)OC)cc1. The Labute approximate surface area is 125 Å². The number of rotatable bonds is 8. The zero-order valence-electron chi connectivity index (χ0n) is 12.2. The molecule has 0 atom stereocenters. The maximum absolute atomic E-state index is 11.9. The Kier molecular flexibility index (Phi) is 7.36. The molecule has 0 aliphatic carbocycles. The summed E-state index contributed by atoms with van der Waals surface area (Å²) in [4.78, 5) is 19.0. The van der Waals surface area contributed by atoms with Gasteiger partial charge in [0.15, 0.2) is 0 Å². The molecule has 0 unspecified atom stereocenters. The van der Waals surface area contributed by atoms with Crippen LogP contribution in [0.15, 0.2) is 24.3 Å².